The lowest BCUT2D eigenvalue weighted by molar-refractivity contribution is -0.113. The topological polar surface area (TPSA) is 94.0 Å². The third-order valence-electron chi connectivity index (χ3n) is 8.56. The van der Waals surface area contributed by atoms with Crippen LogP contribution in [0.2, 0.25) is 0 Å². The number of rotatable bonds is 10. The minimum Gasteiger partial charge on any atom is -0.468 e. The van der Waals surface area contributed by atoms with Crippen LogP contribution in [0.3, 0.4) is 0 Å². The quantitative estimate of drug-likeness (QED) is 0.170. The monoisotopic (exact) mass is 609 g/mol. The molecule has 1 aliphatic heterocycles. The summed E-state index contributed by atoms with van der Waals surface area (Å²) >= 11 is 0. The number of aldehydes is 1. The maximum atomic E-state index is 16.8. The lowest BCUT2D eigenvalue weighted by atomic mass is 9.91. The summed E-state index contributed by atoms with van der Waals surface area (Å²) in [7, 11) is 1.45. The molecule has 1 aromatic heterocycles. The lowest BCUT2D eigenvalue weighted by Gasteiger charge is -2.38. The number of hydrogen-bond donors (Lipinski definition) is 1. The summed E-state index contributed by atoms with van der Waals surface area (Å²) < 4.78 is 64.7. The molecule has 0 radical (unpaired) electrons. The van der Waals surface area contributed by atoms with Gasteiger partial charge in [0.15, 0.2) is 12.6 Å². The van der Waals surface area contributed by atoms with E-state index in [9.17, 15) is 9.90 Å². The van der Waals surface area contributed by atoms with Crippen molar-refractivity contribution in [1.29, 1.82) is 0 Å². The fraction of sp³-hybridized carbons (Fsp3) is 0.424. The fourth-order valence-corrected chi connectivity index (χ4v) is 6.02. The molecule has 0 unspecified atom stereocenters. The molecule has 1 atom stereocenters. The zero-order valence-corrected chi connectivity index (χ0v) is 24.9. The number of hydrogen-bond acceptors (Lipinski definition) is 8. The normalized spacial score (nSPS) is 19.4. The number of carbonyl (C=O) groups is 1. The van der Waals surface area contributed by atoms with Gasteiger partial charge in [-0.25, -0.2) is 13.2 Å². The second-order valence-electron chi connectivity index (χ2n) is 12.1. The molecular formula is C33H34F3N3O5. The molecule has 44 heavy (non-hydrogen) atoms. The number of piperidine rings is 1. The molecule has 2 heterocycles. The third kappa shape index (κ3) is 5.54. The van der Waals surface area contributed by atoms with Crippen LogP contribution in [0.1, 0.15) is 45.1 Å². The van der Waals surface area contributed by atoms with Gasteiger partial charge in [-0.05, 0) is 85.2 Å². The SMILES string of the molecule is CCc1c(F)ccc2cc(OCOC)cc(-c3c(F)cc4c(N5CCC[C@@](C)(O)C5)nc(OCC5(C=O)CC5)nc4c3F)c12. The van der Waals surface area contributed by atoms with Gasteiger partial charge in [0.1, 0.15) is 41.6 Å². The van der Waals surface area contributed by atoms with Crippen LogP contribution in [0.4, 0.5) is 19.0 Å². The number of aliphatic hydroxyl groups is 1. The maximum Gasteiger partial charge on any atom is 0.319 e. The van der Waals surface area contributed by atoms with Crippen LogP contribution in [0, 0.1) is 22.9 Å². The number of β-amino-alcohol motifs (C(OH)–C–C–N with tert-alkyl or cyclic N) is 1. The molecule has 3 aromatic carbocycles. The first-order chi connectivity index (χ1) is 21.1. The van der Waals surface area contributed by atoms with Crippen LogP contribution >= 0.6 is 0 Å². The van der Waals surface area contributed by atoms with Crippen LogP contribution in [-0.2, 0) is 16.0 Å². The van der Waals surface area contributed by atoms with Crippen molar-refractivity contribution in [2.24, 2.45) is 5.41 Å². The van der Waals surface area contributed by atoms with E-state index in [0.717, 1.165) is 6.29 Å². The standard InChI is InChI=1S/C33H34F3N3O5/c1-4-21-24(34)7-6-19-12-20(44-18-42-3)13-22(26(19)21)27-25(35)14-23-29(28(27)36)37-31(43-17-33(16-40)9-10-33)38-30(23)39-11-5-8-32(2,41)15-39/h6-7,12-14,16,41H,4-5,8-11,15,17-18H2,1-3H3/t32-/m1/s1. The number of ether oxygens (including phenoxy) is 3. The van der Waals surface area contributed by atoms with Gasteiger partial charge >= 0.3 is 6.01 Å². The molecule has 8 nitrogen and oxygen atoms in total. The van der Waals surface area contributed by atoms with Crippen LogP contribution in [-0.4, -0.2) is 60.6 Å². The summed E-state index contributed by atoms with van der Waals surface area (Å²) in [6, 6.07) is 7.01. The van der Waals surface area contributed by atoms with E-state index in [0.29, 0.717) is 48.6 Å². The number of fused-ring (bicyclic) bond motifs is 2. The Morgan fingerprint density at radius 2 is 1.86 bits per heavy atom. The number of aromatic nitrogens is 2. The van der Waals surface area contributed by atoms with Gasteiger partial charge in [0.25, 0.3) is 0 Å². The Morgan fingerprint density at radius 3 is 2.55 bits per heavy atom. The van der Waals surface area contributed by atoms with Crippen molar-refractivity contribution >= 4 is 33.8 Å². The molecule has 0 amide bonds. The second-order valence-corrected chi connectivity index (χ2v) is 12.1. The second kappa shape index (κ2) is 11.5. The first kappa shape index (κ1) is 30.1. The minimum absolute atomic E-state index is 0.0253. The highest BCUT2D eigenvalue weighted by Crippen LogP contribution is 2.45. The van der Waals surface area contributed by atoms with E-state index in [1.165, 1.54) is 25.3 Å². The van der Waals surface area contributed by atoms with E-state index >= 15 is 13.2 Å². The molecule has 0 spiro atoms. The van der Waals surface area contributed by atoms with Crippen LogP contribution < -0.4 is 14.4 Å². The first-order valence-electron chi connectivity index (χ1n) is 14.7. The van der Waals surface area contributed by atoms with Crippen molar-refractivity contribution < 1.29 is 37.3 Å². The van der Waals surface area contributed by atoms with Crippen molar-refractivity contribution in [2.75, 3.05) is 38.5 Å². The van der Waals surface area contributed by atoms with E-state index in [1.807, 2.05) is 0 Å². The minimum atomic E-state index is -1.04. The number of carbonyl (C=O) groups excluding carboxylic acids is 1. The first-order valence-corrected chi connectivity index (χ1v) is 14.7. The molecule has 1 saturated carbocycles. The Bertz CT molecular complexity index is 1760. The number of aryl methyl sites for hydroxylation is 1. The Morgan fingerprint density at radius 1 is 1.07 bits per heavy atom. The lowest BCUT2D eigenvalue weighted by Crippen LogP contribution is -2.46. The Balaban J connectivity index is 1.59. The van der Waals surface area contributed by atoms with Gasteiger partial charge in [0, 0.05) is 25.6 Å². The van der Waals surface area contributed by atoms with Crippen molar-refractivity contribution in [3.63, 3.8) is 0 Å². The molecule has 1 N–H and O–H groups in total. The van der Waals surface area contributed by atoms with Crippen LogP contribution in [0.25, 0.3) is 32.8 Å². The van der Waals surface area contributed by atoms with Crippen LogP contribution in [0.5, 0.6) is 11.8 Å². The summed E-state index contributed by atoms with van der Waals surface area (Å²) in [5, 5.41) is 11.8. The number of benzene rings is 3. The van der Waals surface area contributed by atoms with Crippen molar-refractivity contribution in [2.45, 2.75) is 51.6 Å². The molecule has 232 valence electrons. The summed E-state index contributed by atoms with van der Waals surface area (Å²) in [5.41, 5.74) is -1.86. The average Bonchev–Trinajstić information content (AvgIpc) is 3.79. The highest BCUT2D eigenvalue weighted by molar-refractivity contribution is 6.03. The van der Waals surface area contributed by atoms with Crippen molar-refractivity contribution in [3.05, 3.63) is 53.3 Å². The molecule has 1 saturated heterocycles. The van der Waals surface area contributed by atoms with E-state index < -0.39 is 34.0 Å². The van der Waals surface area contributed by atoms with Gasteiger partial charge in [-0.15, -0.1) is 0 Å². The Labute approximate surface area is 252 Å². The maximum absolute atomic E-state index is 16.8. The van der Waals surface area contributed by atoms with Gasteiger partial charge < -0.3 is 29.0 Å². The molecular weight excluding hydrogens is 575 g/mol. The summed E-state index contributed by atoms with van der Waals surface area (Å²) in [5.74, 6) is -1.87. The predicted molar refractivity (Wildman–Crippen MR) is 160 cm³/mol. The van der Waals surface area contributed by atoms with Crippen molar-refractivity contribution in [1.82, 2.24) is 9.97 Å². The predicted octanol–water partition coefficient (Wildman–Crippen LogP) is 6.12. The number of nitrogens with zero attached hydrogens (tertiary/aromatic N) is 3. The highest BCUT2D eigenvalue weighted by Gasteiger charge is 2.44. The van der Waals surface area contributed by atoms with E-state index in [-0.39, 0.29) is 60.4 Å². The molecule has 6 rings (SSSR count). The van der Waals surface area contributed by atoms with Crippen LogP contribution in [0.15, 0.2) is 30.3 Å². The Kier molecular flexibility index (Phi) is 7.87. The molecule has 11 heteroatoms. The third-order valence-corrected chi connectivity index (χ3v) is 8.56. The smallest absolute Gasteiger partial charge is 0.319 e. The molecule has 0 bridgehead atoms. The van der Waals surface area contributed by atoms with Gasteiger partial charge in [0.2, 0.25) is 0 Å². The zero-order chi connectivity index (χ0) is 31.2. The van der Waals surface area contributed by atoms with Gasteiger partial charge in [-0.3, -0.25) is 0 Å². The molecule has 2 aliphatic rings. The molecule has 4 aromatic rings. The van der Waals surface area contributed by atoms with E-state index in [1.54, 1.807) is 30.9 Å². The molecule has 1 aliphatic carbocycles. The highest BCUT2D eigenvalue weighted by atomic mass is 19.1. The summed E-state index contributed by atoms with van der Waals surface area (Å²) in [4.78, 5) is 22.2. The summed E-state index contributed by atoms with van der Waals surface area (Å²) in [6.45, 7) is 4.07. The number of anilines is 1. The largest absolute Gasteiger partial charge is 0.468 e. The van der Waals surface area contributed by atoms with E-state index in [2.05, 4.69) is 9.97 Å². The van der Waals surface area contributed by atoms with Crippen molar-refractivity contribution in [3.8, 4) is 22.9 Å². The number of halogens is 3. The zero-order valence-electron chi connectivity index (χ0n) is 24.9. The fourth-order valence-electron chi connectivity index (χ4n) is 6.02. The molecule has 2 fully saturated rings. The van der Waals surface area contributed by atoms with E-state index in [4.69, 9.17) is 14.2 Å². The van der Waals surface area contributed by atoms with Gasteiger partial charge in [0.05, 0.1) is 16.6 Å². The van der Waals surface area contributed by atoms with Gasteiger partial charge in [-0.1, -0.05) is 13.0 Å². The summed E-state index contributed by atoms with van der Waals surface area (Å²) in [6.07, 6.45) is 3.66. The van der Waals surface area contributed by atoms with Gasteiger partial charge in [-0.2, -0.15) is 9.97 Å². The average molecular weight is 610 g/mol. The Hall–Kier alpha value is -3.96. The number of methoxy groups -OCH3 is 1.